The van der Waals surface area contributed by atoms with Crippen LogP contribution in [-0.4, -0.2) is 14.5 Å². The van der Waals surface area contributed by atoms with Gasteiger partial charge in [0.15, 0.2) is 0 Å². The fraction of sp³-hybridized carbons (Fsp3) is 0. The van der Waals surface area contributed by atoms with Crippen LogP contribution in [0.1, 0.15) is 5.69 Å². The number of hydrogen-bond acceptors (Lipinski definition) is 4. The normalized spacial score (nSPS) is 9.64. The van der Waals surface area contributed by atoms with E-state index in [2.05, 4.69) is 16.0 Å². The van der Waals surface area contributed by atoms with Crippen LogP contribution in [-0.2, 0) is 0 Å². The molecular formula is C9H7N5. The lowest BCUT2D eigenvalue weighted by Gasteiger charge is -2.02. The Morgan fingerprint density at radius 1 is 1.43 bits per heavy atom. The van der Waals surface area contributed by atoms with Crippen molar-refractivity contribution in [2.45, 2.75) is 0 Å². The maximum Gasteiger partial charge on any atom is 0.143 e. The summed E-state index contributed by atoms with van der Waals surface area (Å²) in [7, 11) is 0. The first kappa shape index (κ1) is 8.26. The number of rotatable bonds is 1. The zero-order valence-corrected chi connectivity index (χ0v) is 7.25. The van der Waals surface area contributed by atoms with Crippen molar-refractivity contribution in [1.29, 1.82) is 5.26 Å². The minimum Gasteiger partial charge on any atom is -0.384 e. The van der Waals surface area contributed by atoms with E-state index in [1.807, 2.05) is 0 Å². The quantitative estimate of drug-likeness (QED) is 0.709. The van der Waals surface area contributed by atoms with Crippen molar-refractivity contribution >= 4 is 5.82 Å². The van der Waals surface area contributed by atoms with Crippen LogP contribution in [0.4, 0.5) is 5.82 Å². The second-order valence-corrected chi connectivity index (χ2v) is 2.68. The monoisotopic (exact) mass is 185 g/mol. The minimum atomic E-state index is 0.382. The Labute approximate surface area is 80.4 Å². The second-order valence-electron chi connectivity index (χ2n) is 2.68. The molecule has 2 aromatic heterocycles. The molecule has 0 aliphatic carbocycles. The molecule has 0 bridgehead atoms. The molecule has 68 valence electrons. The highest BCUT2D eigenvalue weighted by Crippen LogP contribution is 2.10. The Balaban J connectivity index is 2.56. The molecular weight excluding hydrogens is 178 g/mol. The third kappa shape index (κ3) is 1.29. The Hall–Kier alpha value is -2.35. The fourth-order valence-corrected chi connectivity index (χ4v) is 1.16. The lowest BCUT2D eigenvalue weighted by atomic mass is 10.4. The van der Waals surface area contributed by atoms with Crippen LogP contribution in [0.2, 0.25) is 0 Å². The first-order valence-corrected chi connectivity index (χ1v) is 3.96. The summed E-state index contributed by atoms with van der Waals surface area (Å²) in [5, 5.41) is 8.79. The molecule has 0 atom stereocenters. The Kier molecular flexibility index (Phi) is 1.88. The van der Waals surface area contributed by atoms with Gasteiger partial charge in [-0.25, -0.2) is 9.97 Å². The Morgan fingerprint density at radius 2 is 2.29 bits per heavy atom. The summed E-state index contributed by atoms with van der Waals surface area (Å²) < 4.78 is 1.65. The number of aromatic nitrogens is 3. The lowest BCUT2D eigenvalue weighted by Crippen LogP contribution is -2.01. The molecule has 14 heavy (non-hydrogen) atoms. The van der Waals surface area contributed by atoms with Gasteiger partial charge in [-0.3, -0.25) is 4.57 Å². The van der Waals surface area contributed by atoms with Crippen molar-refractivity contribution in [1.82, 2.24) is 14.5 Å². The van der Waals surface area contributed by atoms with Gasteiger partial charge in [-0.15, -0.1) is 0 Å². The SMILES string of the molecule is N#Cc1cccn1-c1cc(N)ncn1. The van der Waals surface area contributed by atoms with E-state index in [1.54, 1.807) is 29.0 Å². The minimum absolute atomic E-state index is 0.382. The standard InChI is InChI=1S/C9H7N5/c10-5-7-2-1-3-14(7)9-4-8(11)12-6-13-9/h1-4,6H,(H2,11,12,13). The molecule has 0 aliphatic rings. The van der Waals surface area contributed by atoms with Gasteiger partial charge in [-0.2, -0.15) is 5.26 Å². The van der Waals surface area contributed by atoms with E-state index in [0.29, 0.717) is 17.3 Å². The summed E-state index contributed by atoms with van der Waals surface area (Å²) in [6, 6.07) is 7.15. The molecule has 0 radical (unpaired) electrons. The molecule has 5 nitrogen and oxygen atoms in total. The van der Waals surface area contributed by atoms with Crippen molar-refractivity contribution in [3.63, 3.8) is 0 Å². The van der Waals surface area contributed by atoms with E-state index in [0.717, 1.165) is 0 Å². The van der Waals surface area contributed by atoms with E-state index in [4.69, 9.17) is 11.0 Å². The summed E-state index contributed by atoms with van der Waals surface area (Å²) in [6.45, 7) is 0. The number of nitrogens with zero attached hydrogens (tertiary/aromatic N) is 4. The lowest BCUT2D eigenvalue weighted by molar-refractivity contribution is 0.970. The Morgan fingerprint density at radius 3 is 3.00 bits per heavy atom. The van der Waals surface area contributed by atoms with Gasteiger partial charge in [0.25, 0.3) is 0 Å². The summed E-state index contributed by atoms with van der Waals surface area (Å²) in [5.74, 6) is 0.978. The Bertz CT molecular complexity index is 494. The highest BCUT2D eigenvalue weighted by atomic mass is 15.1. The maximum atomic E-state index is 8.79. The number of nitrogen functional groups attached to an aromatic ring is 1. The molecule has 2 aromatic rings. The van der Waals surface area contributed by atoms with E-state index >= 15 is 0 Å². The predicted molar refractivity (Wildman–Crippen MR) is 50.5 cm³/mol. The smallest absolute Gasteiger partial charge is 0.143 e. The van der Waals surface area contributed by atoms with Crippen LogP contribution in [0.5, 0.6) is 0 Å². The maximum absolute atomic E-state index is 8.79. The van der Waals surface area contributed by atoms with E-state index in [-0.39, 0.29) is 0 Å². The third-order valence-corrected chi connectivity index (χ3v) is 1.78. The number of nitriles is 1. The highest BCUT2D eigenvalue weighted by molar-refractivity contribution is 5.39. The van der Waals surface area contributed by atoms with Gasteiger partial charge in [-0.05, 0) is 12.1 Å². The first-order chi connectivity index (χ1) is 6.81. The van der Waals surface area contributed by atoms with Crippen molar-refractivity contribution < 1.29 is 0 Å². The van der Waals surface area contributed by atoms with Crippen molar-refractivity contribution in [2.24, 2.45) is 0 Å². The van der Waals surface area contributed by atoms with Crippen molar-refractivity contribution in [3.05, 3.63) is 36.4 Å². The van der Waals surface area contributed by atoms with Crippen molar-refractivity contribution in [3.8, 4) is 11.9 Å². The summed E-state index contributed by atoms with van der Waals surface area (Å²) >= 11 is 0. The molecule has 0 saturated carbocycles. The zero-order chi connectivity index (χ0) is 9.97. The van der Waals surface area contributed by atoms with Crippen LogP contribution in [0.25, 0.3) is 5.82 Å². The van der Waals surface area contributed by atoms with E-state index in [9.17, 15) is 0 Å². The average Bonchev–Trinajstić information content (AvgIpc) is 2.65. The van der Waals surface area contributed by atoms with Crippen LogP contribution in [0.15, 0.2) is 30.7 Å². The molecule has 0 saturated heterocycles. The molecule has 2 rings (SSSR count). The second kappa shape index (κ2) is 3.18. The van der Waals surface area contributed by atoms with Gasteiger partial charge >= 0.3 is 0 Å². The van der Waals surface area contributed by atoms with Crippen LogP contribution >= 0.6 is 0 Å². The molecule has 0 unspecified atom stereocenters. The first-order valence-electron chi connectivity index (χ1n) is 3.96. The van der Waals surface area contributed by atoms with E-state index in [1.165, 1.54) is 6.33 Å². The van der Waals surface area contributed by atoms with Crippen molar-refractivity contribution in [2.75, 3.05) is 5.73 Å². The highest BCUT2D eigenvalue weighted by Gasteiger charge is 2.03. The van der Waals surface area contributed by atoms with E-state index < -0.39 is 0 Å². The molecule has 0 amide bonds. The largest absolute Gasteiger partial charge is 0.384 e. The predicted octanol–water partition coefficient (Wildman–Crippen LogP) is 0.721. The third-order valence-electron chi connectivity index (χ3n) is 1.78. The fourth-order valence-electron chi connectivity index (χ4n) is 1.16. The van der Waals surface area contributed by atoms with Gasteiger partial charge in [0.05, 0.1) is 0 Å². The average molecular weight is 185 g/mol. The van der Waals surface area contributed by atoms with Gasteiger partial charge in [0.2, 0.25) is 0 Å². The number of nitrogens with two attached hydrogens (primary N) is 1. The van der Waals surface area contributed by atoms with Gasteiger partial charge in [0, 0.05) is 12.3 Å². The zero-order valence-electron chi connectivity index (χ0n) is 7.25. The van der Waals surface area contributed by atoms with Gasteiger partial charge < -0.3 is 5.73 Å². The van der Waals surface area contributed by atoms with Crippen LogP contribution in [0, 0.1) is 11.3 Å². The number of anilines is 1. The van der Waals surface area contributed by atoms with Crippen LogP contribution < -0.4 is 5.73 Å². The molecule has 0 fully saturated rings. The molecule has 5 heteroatoms. The molecule has 2 heterocycles. The molecule has 0 aromatic carbocycles. The number of hydrogen-bond donors (Lipinski definition) is 1. The summed E-state index contributed by atoms with van der Waals surface area (Å²) in [4.78, 5) is 7.79. The molecule has 0 aliphatic heterocycles. The van der Waals surface area contributed by atoms with Gasteiger partial charge in [0.1, 0.15) is 29.7 Å². The summed E-state index contributed by atoms with van der Waals surface area (Å²) in [5.41, 5.74) is 6.03. The molecule has 0 spiro atoms. The molecule has 2 N–H and O–H groups in total. The van der Waals surface area contributed by atoms with Gasteiger partial charge in [-0.1, -0.05) is 0 Å². The topological polar surface area (TPSA) is 80.5 Å². The van der Waals surface area contributed by atoms with Crippen LogP contribution in [0.3, 0.4) is 0 Å². The summed E-state index contributed by atoms with van der Waals surface area (Å²) in [6.07, 6.45) is 3.12.